The molecule has 3 aromatic rings. The number of aromatic nitrogens is 4. The Morgan fingerprint density at radius 1 is 1.36 bits per heavy atom. The Morgan fingerprint density at radius 3 is 2.89 bits per heavy atom. The largest absolute Gasteiger partial charge is 0.478 e. The molecule has 3 atom stereocenters. The van der Waals surface area contributed by atoms with Crippen LogP contribution in [-0.4, -0.2) is 58.8 Å². The summed E-state index contributed by atoms with van der Waals surface area (Å²) in [5, 5.41) is 40.5. The lowest BCUT2D eigenvalue weighted by molar-refractivity contribution is 0.0404. The first-order valence-corrected chi connectivity index (χ1v) is 9.75. The molecule has 146 valence electrons. The number of nitrogens with zero attached hydrogens (tertiary/aromatic N) is 4. The Morgan fingerprint density at radius 2 is 2.18 bits per heavy atom. The molecule has 1 saturated heterocycles. The van der Waals surface area contributed by atoms with Crippen molar-refractivity contribution in [2.45, 2.75) is 30.9 Å². The van der Waals surface area contributed by atoms with Crippen LogP contribution in [0.5, 0.6) is 0 Å². The third kappa shape index (κ3) is 3.19. The van der Waals surface area contributed by atoms with Crippen molar-refractivity contribution in [1.82, 2.24) is 19.6 Å². The van der Waals surface area contributed by atoms with Gasteiger partial charge in [0, 0.05) is 24.7 Å². The number of thioether (sulfide) groups is 1. The third-order valence-corrected chi connectivity index (χ3v) is 6.26. The summed E-state index contributed by atoms with van der Waals surface area (Å²) in [6.07, 6.45) is 1.63. The first-order valence-electron chi connectivity index (χ1n) is 8.70. The van der Waals surface area contributed by atoms with Crippen LogP contribution in [-0.2, 0) is 6.54 Å². The molecule has 3 heterocycles. The van der Waals surface area contributed by atoms with Gasteiger partial charge in [0.1, 0.15) is 0 Å². The number of aromatic carboxylic acids is 1. The SMILES string of the molecule is Cc1c(CNc2nccn3c([C@@H]4SC[C@@H](O)[C@H]4O)nnc23)cccc1C(=O)O. The predicted octanol–water partition coefficient (Wildman–Crippen LogP) is 1.25. The molecule has 0 unspecified atom stereocenters. The average molecular weight is 401 g/mol. The first-order chi connectivity index (χ1) is 13.5. The Hall–Kier alpha value is -2.69. The summed E-state index contributed by atoms with van der Waals surface area (Å²) in [6, 6.07) is 5.14. The molecule has 1 fully saturated rings. The van der Waals surface area contributed by atoms with Gasteiger partial charge >= 0.3 is 5.97 Å². The van der Waals surface area contributed by atoms with Crippen LogP contribution in [0.3, 0.4) is 0 Å². The smallest absolute Gasteiger partial charge is 0.335 e. The molecule has 1 aromatic carbocycles. The number of hydrogen-bond donors (Lipinski definition) is 4. The standard InChI is InChI=1S/C18H19N5O4S/c1-9-10(3-2-4-11(9)18(26)27)7-20-15-17-22-21-16(23(17)6-5-19-15)14-13(25)12(24)8-28-14/h2-6,12-14,24-25H,7-8H2,1H3,(H,19,20)(H,26,27)/t12-,13-,14-/m1/s1. The van der Waals surface area contributed by atoms with Crippen molar-refractivity contribution in [3.8, 4) is 0 Å². The molecule has 0 bridgehead atoms. The maximum Gasteiger partial charge on any atom is 0.335 e. The number of fused-ring (bicyclic) bond motifs is 1. The fraction of sp³-hybridized carbons (Fsp3) is 0.333. The number of carbonyl (C=O) groups is 1. The second kappa shape index (κ2) is 7.38. The van der Waals surface area contributed by atoms with Crippen molar-refractivity contribution in [3.63, 3.8) is 0 Å². The van der Waals surface area contributed by atoms with E-state index in [4.69, 9.17) is 0 Å². The summed E-state index contributed by atoms with van der Waals surface area (Å²) in [5.74, 6) is 0.533. The molecule has 28 heavy (non-hydrogen) atoms. The minimum atomic E-state index is -0.962. The van der Waals surface area contributed by atoms with Crippen molar-refractivity contribution >= 4 is 29.2 Å². The third-order valence-electron chi connectivity index (χ3n) is 4.88. The summed E-state index contributed by atoms with van der Waals surface area (Å²) >= 11 is 1.43. The molecule has 1 aliphatic rings. The van der Waals surface area contributed by atoms with Gasteiger partial charge in [0.15, 0.2) is 11.6 Å². The summed E-state index contributed by atoms with van der Waals surface area (Å²) < 4.78 is 1.74. The van der Waals surface area contributed by atoms with Gasteiger partial charge in [-0.1, -0.05) is 12.1 Å². The summed E-state index contributed by atoms with van der Waals surface area (Å²) in [5.41, 5.74) is 2.30. The van der Waals surface area contributed by atoms with Crippen LogP contribution in [0, 0.1) is 6.92 Å². The van der Waals surface area contributed by atoms with E-state index in [0.29, 0.717) is 35.2 Å². The Bertz CT molecular complexity index is 1040. The number of aliphatic hydroxyl groups is 2. The predicted molar refractivity (Wildman–Crippen MR) is 103 cm³/mol. The lowest BCUT2D eigenvalue weighted by atomic mass is 10.0. The number of benzene rings is 1. The minimum absolute atomic E-state index is 0.265. The van der Waals surface area contributed by atoms with Crippen LogP contribution in [0.4, 0.5) is 5.82 Å². The van der Waals surface area contributed by atoms with Crippen molar-refractivity contribution in [2.24, 2.45) is 0 Å². The molecule has 4 N–H and O–H groups in total. The number of anilines is 1. The fourth-order valence-electron chi connectivity index (χ4n) is 3.28. The quantitative estimate of drug-likeness (QED) is 0.498. The Kier molecular flexibility index (Phi) is 4.92. The average Bonchev–Trinajstić information content (AvgIpc) is 3.24. The maximum absolute atomic E-state index is 11.3. The molecule has 0 aliphatic carbocycles. The van der Waals surface area contributed by atoms with Crippen molar-refractivity contribution in [1.29, 1.82) is 0 Å². The number of hydrogen-bond acceptors (Lipinski definition) is 8. The lowest BCUT2D eigenvalue weighted by Crippen LogP contribution is -2.25. The van der Waals surface area contributed by atoms with E-state index in [-0.39, 0.29) is 10.8 Å². The second-order valence-corrected chi connectivity index (χ2v) is 7.76. The fourth-order valence-corrected chi connectivity index (χ4v) is 4.57. The Balaban J connectivity index is 1.61. The molecule has 10 heteroatoms. The molecule has 0 spiro atoms. The van der Waals surface area contributed by atoms with Gasteiger partial charge in [-0.25, -0.2) is 9.78 Å². The molecular formula is C18H19N5O4S. The van der Waals surface area contributed by atoms with Crippen LogP contribution < -0.4 is 5.32 Å². The molecule has 0 saturated carbocycles. The number of nitrogens with one attached hydrogen (secondary N) is 1. The van der Waals surface area contributed by atoms with Gasteiger partial charge in [0.25, 0.3) is 0 Å². The number of carboxylic acid groups (broad SMARTS) is 1. The number of aliphatic hydroxyl groups excluding tert-OH is 2. The van der Waals surface area contributed by atoms with Crippen LogP contribution in [0.2, 0.25) is 0 Å². The van der Waals surface area contributed by atoms with Crippen molar-refractivity contribution in [2.75, 3.05) is 11.1 Å². The molecular weight excluding hydrogens is 382 g/mol. The van der Waals surface area contributed by atoms with Gasteiger partial charge < -0.3 is 20.6 Å². The van der Waals surface area contributed by atoms with Gasteiger partial charge in [-0.05, 0) is 24.1 Å². The van der Waals surface area contributed by atoms with E-state index < -0.39 is 18.2 Å². The summed E-state index contributed by atoms with van der Waals surface area (Å²) in [4.78, 5) is 15.6. The highest BCUT2D eigenvalue weighted by Crippen LogP contribution is 2.39. The van der Waals surface area contributed by atoms with E-state index in [2.05, 4.69) is 20.5 Å². The monoisotopic (exact) mass is 401 g/mol. The minimum Gasteiger partial charge on any atom is -0.478 e. The molecule has 2 aromatic heterocycles. The Labute approximate surface area is 164 Å². The van der Waals surface area contributed by atoms with Gasteiger partial charge in [0.2, 0.25) is 5.65 Å². The second-order valence-electron chi connectivity index (χ2n) is 6.59. The maximum atomic E-state index is 11.3. The molecule has 4 rings (SSSR count). The van der Waals surface area contributed by atoms with Crippen LogP contribution >= 0.6 is 11.8 Å². The van der Waals surface area contributed by atoms with Crippen LogP contribution in [0.15, 0.2) is 30.6 Å². The van der Waals surface area contributed by atoms with E-state index in [9.17, 15) is 20.1 Å². The van der Waals surface area contributed by atoms with Crippen LogP contribution in [0.25, 0.3) is 5.65 Å². The number of carboxylic acids is 1. The van der Waals surface area contributed by atoms with Gasteiger partial charge in [0.05, 0.1) is 23.0 Å². The van der Waals surface area contributed by atoms with Gasteiger partial charge in [-0.2, -0.15) is 0 Å². The van der Waals surface area contributed by atoms with Crippen molar-refractivity contribution in [3.05, 3.63) is 53.1 Å². The highest BCUT2D eigenvalue weighted by molar-refractivity contribution is 7.99. The summed E-state index contributed by atoms with van der Waals surface area (Å²) in [6.45, 7) is 2.15. The van der Waals surface area contributed by atoms with E-state index in [0.717, 1.165) is 5.56 Å². The molecule has 0 amide bonds. The van der Waals surface area contributed by atoms with E-state index in [1.807, 2.05) is 6.07 Å². The van der Waals surface area contributed by atoms with Crippen LogP contribution in [0.1, 0.15) is 32.6 Å². The summed E-state index contributed by atoms with van der Waals surface area (Å²) in [7, 11) is 0. The zero-order chi connectivity index (χ0) is 19.8. The zero-order valence-electron chi connectivity index (χ0n) is 15.0. The highest BCUT2D eigenvalue weighted by atomic mass is 32.2. The first kappa shape index (κ1) is 18.7. The van der Waals surface area contributed by atoms with Gasteiger partial charge in [-0.3, -0.25) is 4.40 Å². The zero-order valence-corrected chi connectivity index (χ0v) is 15.8. The molecule has 0 radical (unpaired) electrons. The number of rotatable bonds is 5. The van der Waals surface area contributed by atoms with E-state index >= 15 is 0 Å². The molecule has 9 nitrogen and oxygen atoms in total. The van der Waals surface area contributed by atoms with Crippen molar-refractivity contribution < 1.29 is 20.1 Å². The van der Waals surface area contributed by atoms with E-state index in [1.54, 1.807) is 35.9 Å². The topological polar surface area (TPSA) is 133 Å². The highest BCUT2D eigenvalue weighted by Gasteiger charge is 2.38. The van der Waals surface area contributed by atoms with Gasteiger partial charge in [-0.15, -0.1) is 22.0 Å². The lowest BCUT2D eigenvalue weighted by Gasteiger charge is -2.14. The molecule has 1 aliphatic heterocycles. The van der Waals surface area contributed by atoms with E-state index in [1.165, 1.54) is 11.8 Å². The normalized spacial score (nSPS) is 21.9.